The number of primary amides is 1. The van der Waals surface area contributed by atoms with Gasteiger partial charge in [0.1, 0.15) is 0 Å². The summed E-state index contributed by atoms with van der Waals surface area (Å²) in [6, 6.07) is 16.8. The molecule has 2 N–H and O–H groups in total. The van der Waals surface area contributed by atoms with Gasteiger partial charge in [0.05, 0.1) is 5.41 Å². The van der Waals surface area contributed by atoms with Gasteiger partial charge in [-0.3, -0.25) is 9.59 Å². The number of rotatable bonds is 5. The van der Waals surface area contributed by atoms with Crippen LogP contribution in [0.5, 0.6) is 0 Å². The highest BCUT2D eigenvalue weighted by atomic mass is 16.2. The Kier molecular flexibility index (Phi) is 5.64. The Bertz CT molecular complexity index is 811. The molecule has 1 aliphatic rings. The zero-order valence-electron chi connectivity index (χ0n) is 16.2. The Morgan fingerprint density at radius 2 is 1.63 bits per heavy atom. The Morgan fingerprint density at radius 1 is 1.04 bits per heavy atom. The third kappa shape index (κ3) is 4.21. The van der Waals surface area contributed by atoms with Crippen LogP contribution in [0.25, 0.3) is 11.1 Å². The molecule has 2 amide bonds. The molecule has 4 nitrogen and oxygen atoms in total. The number of carbonyl (C=O) groups is 2. The first-order valence-corrected chi connectivity index (χ1v) is 9.67. The lowest BCUT2D eigenvalue weighted by atomic mass is 9.74. The Balaban J connectivity index is 1.79. The molecule has 0 spiro atoms. The minimum atomic E-state index is -0.672. The molecule has 1 atom stereocenters. The number of piperidine rings is 1. The minimum Gasteiger partial charge on any atom is -0.369 e. The zero-order valence-corrected chi connectivity index (χ0v) is 16.2. The summed E-state index contributed by atoms with van der Waals surface area (Å²) in [5.74, 6) is -0.214. The number of carbonyl (C=O) groups excluding carboxylic acids is 2. The summed E-state index contributed by atoms with van der Waals surface area (Å²) in [4.78, 5) is 26.3. The second-order valence-corrected chi connectivity index (χ2v) is 7.66. The molecule has 0 saturated carbocycles. The van der Waals surface area contributed by atoms with Crippen molar-refractivity contribution >= 4 is 11.8 Å². The first-order valence-electron chi connectivity index (χ1n) is 9.67. The van der Waals surface area contributed by atoms with E-state index in [0.29, 0.717) is 25.9 Å². The molecule has 1 saturated heterocycles. The van der Waals surface area contributed by atoms with Gasteiger partial charge in [-0.25, -0.2) is 0 Å². The fraction of sp³-hybridized carbons (Fsp3) is 0.391. The number of hydrogen-bond acceptors (Lipinski definition) is 2. The highest BCUT2D eigenvalue weighted by Gasteiger charge is 2.41. The standard InChI is InChI=1S/C23H28N2O2/c1-3-21(26)25-14-4-13-23(16-25,22(24)27)15-18-7-11-20(12-8-18)19-9-5-17(2)6-10-19/h5-12H,3-4,13-16H2,1-2H3,(H2,24,27). The van der Waals surface area contributed by atoms with Gasteiger partial charge in [0.15, 0.2) is 0 Å². The maximum Gasteiger partial charge on any atom is 0.225 e. The number of amides is 2. The predicted molar refractivity (Wildman–Crippen MR) is 108 cm³/mol. The topological polar surface area (TPSA) is 63.4 Å². The van der Waals surface area contributed by atoms with Gasteiger partial charge in [0.25, 0.3) is 0 Å². The largest absolute Gasteiger partial charge is 0.369 e. The molecule has 4 heteroatoms. The Hall–Kier alpha value is -2.62. The van der Waals surface area contributed by atoms with E-state index in [1.165, 1.54) is 11.1 Å². The molecule has 3 rings (SSSR count). The van der Waals surface area contributed by atoms with Crippen molar-refractivity contribution in [1.82, 2.24) is 4.90 Å². The second-order valence-electron chi connectivity index (χ2n) is 7.66. The molecule has 0 aliphatic carbocycles. The molecular weight excluding hydrogens is 336 g/mol. The molecule has 1 aliphatic heterocycles. The molecule has 1 heterocycles. The number of nitrogens with zero attached hydrogens (tertiary/aromatic N) is 1. The van der Waals surface area contributed by atoms with Crippen molar-refractivity contribution in [3.8, 4) is 11.1 Å². The summed E-state index contributed by atoms with van der Waals surface area (Å²) < 4.78 is 0. The SMILES string of the molecule is CCC(=O)N1CCCC(Cc2ccc(-c3ccc(C)cc3)cc2)(C(N)=O)C1. The van der Waals surface area contributed by atoms with Crippen LogP contribution < -0.4 is 5.73 Å². The van der Waals surface area contributed by atoms with Gasteiger partial charge < -0.3 is 10.6 Å². The van der Waals surface area contributed by atoms with E-state index in [0.717, 1.165) is 24.0 Å². The zero-order chi connectivity index (χ0) is 19.4. The van der Waals surface area contributed by atoms with Crippen molar-refractivity contribution in [2.45, 2.75) is 39.5 Å². The molecule has 1 fully saturated rings. The lowest BCUT2D eigenvalue weighted by Gasteiger charge is -2.41. The molecule has 2 aromatic rings. The number of benzene rings is 2. The third-order valence-electron chi connectivity index (χ3n) is 5.64. The van der Waals surface area contributed by atoms with Crippen LogP contribution >= 0.6 is 0 Å². The molecular formula is C23H28N2O2. The number of hydrogen-bond donors (Lipinski definition) is 1. The van der Waals surface area contributed by atoms with Crippen molar-refractivity contribution in [1.29, 1.82) is 0 Å². The summed E-state index contributed by atoms with van der Waals surface area (Å²) in [5.41, 5.74) is 9.78. The van der Waals surface area contributed by atoms with Gasteiger partial charge >= 0.3 is 0 Å². The summed E-state index contributed by atoms with van der Waals surface area (Å²) in [6.45, 7) is 5.07. The molecule has 0 radical (unpaired) electrons. The molecule has 27 heavy (non-hydrogen) atoms. The van der Waals surface area contributed by atoms with E-state index in [1.807, 2.05) is 6.92 Å². The summed E-state index contributed by atoms with van der Waals surface area (Å²) in [5, 5.41) is 0. The van der Waals surface area contributed by atoms with Gasteiger partial charge in [-0.05, 0) is 42.9 Å². The van der Waals surface area contributed by atoms with E-state index in [2.05, 4.69) is 55.5 Å². The minimum absolute atomic E-state index is 0.0926. The van der Waals surface area contributed by atoms with Crippen LogP contribution in [0.4, 0.5) is 0 Å². The normalized spacial score (nSPS) is 19.7. The summed E-state index contributed by atoms with van der Waals surface area (Å²) in [7, 11) is 0. The average molecular weight is 364 g/mol. The van der Waals surface area contributed by atoms with Crippen LogP contribution in [0.3, 0.4) is 0 Å². The van der Waals surface area contributed by atoms with Crippen molar-refractivity contribution in [3.05, 3.63) is 59.7 Å². The summed E-state index contributed by atoms with van der Waals surface area (Å²) in [6.07, 6.45) is 2.58. The lowest BCUT2D eigenvalue weighted by molar-refractivity contribution is -0.139. The van der Waals surface area contributed by atoms with E-state index < -0.39 is 5.41 Å². The lowest BCUT2D eigenvalue weighted by Crippen LogP contribution is -2.53. The van der Waals surface area contributed by atoms with Crippen molar-refractivity contribution < 1.29 is 9.59 Å². The van der Waals surface area contributed by atoms with Crippen LogP contribution in [0.2, 0.25) is 0 Å². The van der Waals surface area contributed by atoms with E-state index >= 15 is 0 Å². The van der Waals surface area contributed by atoms with E-state index in [-0.39, 0.29) is 11.8 Å². The fourth-order valence-electron chi connectivity index (χ4n) is 3.95. The van der Waals surface area contributed by atoms with E-state index in [1.54, 1.807) is 4.90 Å². The first-order chi connectivity index (χ1) is 12.9. The highest BCUT2D eigenvalue weighted by molar-refractivity contribution is 5.83. The fourth-order valence-corrected chi connectivity index (χ4v) is 3.95. The second kappa shape index (κ2) is 7.95. The van der Waals surface area contributed by atoms with Gasteiger partial charge in [0.2, 0.25) is 11.8 Å². The van der Waals surface area contributed by atoms with Crippen molar-refractivity contribution in [2.75, 3.05) is 13.1 Å². The molecule has 0 bridgehead atoms. The van der Waals surface area contributed by atoms with Crippen molar-refractivity contribution in [2.24, 2.45) is 11.1 Å². The first kappa shape index (κ1) is 19.2. The highest BCUT2D eigenvalue weighted by Crippen LogP contribution is 2.34. The number of aryl methyl sites for hydroxylation is 1. The van der Waals surface area contributed by atoms with Gasteiger partial charge in [-0.15, -0.1) is 0 Å². The average Bonchev–Trinajstić information content (AvgIpc) is 2.68. The number of likely N-dealkylation sites (tertiary alicyclic amines) is 1. The maximum absolute atomic E-state index is 12.3. The third-order valence-corrected chi connectivity index (χ3v) is 5.64. The van der Waals surface area contributed by atoms with Crippen LogP contribution in [-0.4, -0.2) is 29.8 Å². The Morgan fingerprint density at radius 3 is 2.19 bits per heavy atom. The summed E-state index contributed by atoms with van der Waals surface area (Å²) >= 11 is 0. The molecule has 142 valence electrons. The Labute approximate surface area is 161 Å². The van der Waals surface area contributed by atoms with Crippen molar-refractivity contribution in [3.63, 3.8) is 0 Å². The van der Waals surface area contributed by atoms with Crippen LogP contribution in [0.1, 0.15) is 37.3 Å². The molecule has 1 unspecified atom stereocenters. The van der Waals surface area contributed by atoms with Gasteiger partial charge in [0, 0.05) is 19.5 Å². The molecule has 0 aromatic heterocycles. The monoisotopic (exact) mass is 364 g/mol. The quantitative estimate of drug-likeness (QED) is 0.879. The van der Waals surface area contributed by atoms with Crippen LogP contribution in [0, 0.1) is 12.3 Å². The van der Waals surface area contributed by atoms with Gasteiger partial charge in [-0.2, -0.15) is 0 Å². The van der Waals surface area contributed by atoms with Crippen LogP contribution in [0.15, 0.2) is 48.5 Å². The molecule has 2 aromatic carbocycles. The van der Waals surface area contributed by atoms with E-state index in [4.69, 9.17) is 5.73 Å². The van der Waals surface area contributed by atoms with Gasteiger partial charge in [-0.1, -0.05) is 61.0 Å². The van der Waals surface area contributed by atoms with Crippen LogP contribution in [-0.2, 0) is 16.0 Å². The maximum atomic E-state index is 12.3. The predicted octanol–water partition coefficient (Wildman–Crippen LogP) is 3.71. The van der Waals surface area contributed by atoms with E-state index in [9.17, 15) is 9.59 Å². The smallest absolute Gasteiger partial charge is 0.225 e. The number of nitrogens with two attached hydrogens (primary N) is 1.